The molecular weight excluding hydrogens is 334 g/mol. The van der Waals surface area contributed by atoms with Crippen LogP contribution < -0.4 is 9.47 Å². The number of benzene rings is 1. The molecule has 0 unspecified atom stereocenters. The molecule has 4 rings (SSSR count). The Morgan fingerprint density at radius 2 is 2.04 bits per heavy atom. The maximum Gasteiger partial charge on any atom is 0.241 e. The standard InChI is InChI=1S/C19H21N3O4/c1-23-15-7-8-16(24-2)13(10-15)11-22(14-5-6-14)12-18-20-19(21-26-18)17-4-3-9-25-17/h3-4,7-10,14H,5-6,11-12H2,1-2H3. The van der Waals surface area contributed by atoms with Gasteiger partial charge in [0.1, 0.15) is 11.5 Å². The Morgan fingerprint density at radius 3 is 2.73 bits per heavy atom. The molecule has 0 spiro atoms. The fourth-order valence-electron chi connectivity index (χ4n) is 2.98. The summed E-state index contributed by atoms with van der Waals surface area (Å²) in [5.74, 6) is 3.31. The topological polar surface area (TPSA) is 73.8 Å². The molecule has 0 N–H and O–H groups in total. The van der Waals surface area contributed by atoms with Crippen molar-refractivity contribution >= 4 is 0 Å². The smallest absolute Gasteiger partial charge is 0.241 e. The molecule has 0 aliphatic heterocycles. The first-order valence-electron chi connectivity index (χ1n) is 8.58. The average Bonchev–Trinajstić information content (AvgIpc) is 3.17. The van der Waals surface area contributed by atoms with Crippen LogP contribution in [0.4, 0.5) is 0 Å². The van der Waals surface area contributed by atoms with Crippen LogP contribution in [0.5, 0.6) is 11.5 Å². The monoisotopic (exact) mass is 355 g/mol. The van der Waals surface area contributed by atoms with Gasteiger partial charge in [-0.1, -0.05) is 5.16 Å². The molecule has 0 atom stereocenters. The van der Waals surface area contributed by atoms with Crippen molar-refractivity contribution in [1.82, 2.24) is 15.0 Å². The quantitative estimate of drug-likeness (QED) is 0.612. The number of hydrogen-bond donors (Lipinski definition) is 0. The van der Waals surface area contributed by atoms with Crippen molar-refractivity contribution in [3.05, 3.63) is 48.0 Å². The Balaban J connectivity index is 1.52. The predicted molar refractivity (Wildman–Crippen MR) is 93.8 cm³/mol. The highest BCUT2D eigenvalue weighted by atomic mass is 16.5. The van der Waals surface area contributed by atoms with Gasteiger partial charge in [-0.3, -0.25) is 4.90 Å². The van der Waals surface area contributed by atoms with Crippen LogP contribution in [0.3, 0.4) is 0 Å². The summed E-state index contributed by atoms with van der Waals surface area (Å²) in [6.07, 6.45) is 3.94. The van der Waals surface area contributed by atoms with Gasteiger partial charge >= 0.3 is 0 Å². The van der Waals surface area contributed by atoms with Crippen LogP contribution in [0.15, 0.2) is 45.5 Å². The Bertz CT molecular complexity index is 856. The van der Waals surface area contributed by atoms with Gasteiger partial charge in [0.25, 0.3) is 0 Å². The average molecular weight is 355 g/mol. The van der Waals surface area contributed by atoms with Gasteiger partial charge in [0.2, 0.25) is 11.7 Å². The number of aromatic nitrogens is 2. The molecule has 136 valence electrons. The minimum atomic E-state index is 0.472. The van der Waals surface area contributed by atoms with Gasteiger partial charge in [-0.2, -0.15) is 4.98 Å². The van der Waals surface area contributed by atoms with Crippen molar-refractivity contribution in [3.63, 3.8) is 0 Å². The van der Waals surface area contributed by atoms with Crippen molar-refractivity contribution in [1.29, 1.82) is 0 Å². The third kappa shape index (κ3) is 3.57. The van der Waals surface area contributed by atoms with Gasteiger partial charge in [-0.25, -0.2) is 0 Å². The number of hydrogen-bond acceptors (Lipinski definition) is 7. The summed E-state index contributed by atoms with van der Waals surface area (Å²) in [5, 5.41) is 4.01. The van der Waals surface area contributed by atoms with Crippen LogP contribution in [0, 0.1) is 0 Å². The summed E-state index contributed by atoms with van der Waals surface area (Å²) in [6.45, 7) is 1.31. The Labute approximate surface area is 151 Å². The predicted octanol–water partition coefficient (Wildman–Crippen LogP) is 3.51. The minimum Gasteiger partial charge on any atom is -0.497 e. The number of methoxy groups -OCH3 is 2. The second kappa shape index (κ2) is 7.21. The van der Waals surface area contributed by atoms with Crippen molar-refractivity contribution in [2.45, 2.75) is 32.0 Å². The fraction of sp³-hybridized carbons (Fsp3) is 0.368. The summed E-state index contributed by atoms with van der Waals surface area (Å²) >= 11 is 0. The Hall–Kier alpha value is -2.80. The molecule has 7 nitrogen and oxygen atoms in total. The first-order chi connectivity index (χ1) is 12.8. The SMILES string of the molecule is COc1ccc(OC)c(CN(Cc2nc(-c3ccco3)no2)C2CC2)c1. The van der Waals surface area contributed by atoms with E-state index >= 15 is 0 Å². The van der Waals surface area contributed by atoms with E-state index in [9.17, 15) is 0 Å². The van der Waals surface area contributed by atoms with E-state index in [0.717, 1.165) is 23.6 Å². The van der Waals surface area contributed by atoms with E-state index in [1.54, 1.807) is 26.5 Å². The molecule has 1 aliphatic carbocycles. The highest BCUT2D eigenvalue weighted by molar-refractivity contribution is 5.44. The molecule has 3 aromatic rings. The lowest BCUT2D eigenvalue weighted by Gasteiger charge is -2.21. The summed E-state index contributed by atoms with van der Waals surface area (Å²) in [6, 6.07) is 9.98. The molecule has 7 heteroatoms. The lowest BCUT2D eigenvalue weighted by molar-refractivity contribution is 0.207. The number of rotatable bonds is 8. The van der Waals surface area contributed by atoms with E-state index in [2.05, 4.69) is 15.0 Å². The molecule has 1 aliphatic rings. The lowest BCUT2D eigenvalue weighted by Crippen LogP contribution is -2.25. The number of furan rings is 1. The van der Waals surface area contributed by atoms with E-state index in [4.69, 9.17) is 18.4 Å². The van der Waals surface area contributed by atoms with E-state index < -0.39 is 0 Å². The van der Waals surface area contributed by atoms with Crippen LogP contribution >= 0.6 is 0 Å². The summed E-state index contributed by atoms with van der Waals surface area (Å²) < 4.78 is 21.6. The maximum absolute atomic E-state index is 5.50. The molecular formula is C19H21N3O4. The highest BCUT2D eigenvalue weighted by Gasteiger charge is 2.31. The molecule has 2 aromatic heterocycles. The number of nitrogens with zero attached hydrogens (tertiary/aromatic N) is 3. The van der Waals surface area contributed by atoms with E-state index in [0.29, 0.717) is 30.1 Å². The highest BCUT2D eigenvalue weighted by Crippen LogP contribution is 2.33. The normalized spacial score (nSPS) is 14.0. The Morgan fingerprint density at radius 1 is 1.15 bits per heavy atom. The van der Waals surface area contributed by atoms with Gasteiger partial charge in [0, 0.05) is 18.2 Å². The summed E-state index contributed by atoms with van der Waals surface area (Å²) in [5.41, 5.74) is 1.07. The molecule has 0 bridgehead atoms. The minimum absolute atomic E-state index is 0.472. The second-order valence-electron chi connectivity index (χ2n) is 6.30. The van der Waals surface area contributed by atoms with Crippen LogP contribution in [-0.2, 0) is 13.1 Å². The molecule has 2 heterocycles. The zero-order valence-corrected chi connectivity index (χ0v) is 14.8. The zero-order chi connectivity index (χ0) is 17.9. The lowest BCUT2D eigenvalue weighted by atomic mass is 10.1. The second-order valence-corrected chi connectivity index (χ2v) is 6.30. The number of ether oxygens (including phenoxy) is 2. The zero-order valence-electron chi connectivity index (χ0n) is 14.8. The van der Waals surface area contributed by atoms with E-state index in [-0.39, 0.29) is 0 Å². The fourth-order valence-corrected chi connectivity index (χ4v) is 2.98. The summed E-state index contributed by atoms with van der Waals surface area (Å²) in [7, 11) is 3.35. The molecule has 0 saturated heterocycles. The van der Waals surface area contributed by atoms with Gasteiger partial charge in [-0.15, -0.1) is 0 Å². The van der Waals surface area contributed by atoms with Crippen LogP contribution in [0.2, 0.25) is 0 Å². The van der Waals surface area contributed by atoms with Crippen LogP contribution in [-0.4, -0.2) is 35.3 Å². The summed E-state index contributed by atoms with van der Waals surface area (Å²) in [4.78, 5) is 6.78. The molecule has 1 saturated carbocycles. The van der Waals surface area contributed by atoms with E-state index in [1.165, 1.54) is 12.8 Å². The maximum atomic E-state index is 5.50. The van der Waals surface area contributed by atoms with Crippen molar-refractivity contribution in [3.8, 4) is 23.1 Å². The van der Waals surface area contributed by atoms with Crippen molar-refractivity contribution in [2.24, 2.45) is 0 Å². The molecule has 1 fully saturated rings. The van der Waals surface area contributed by atoms with Crippen LogP contribution in [0.1, 0.15) is 24.3 Å². The van der Waals surface area contributed by atoms with Gasteiger partial charge < -0.3 is 18.4 Å². The van der Waals surface area contributed by atoms with Crippen LogP contribution in [0.25, 0.3) is 11.6 Å². The van der Waals surface area contributed by atoms with Gasteiger partial charge in [0.05, 0.1) is 27.0 Å². The van der Waals surface area contributed by atoms with E-state index in [1.807, 2.05) is 24.3 Å². The molecule has 0 amide bonds. The molecule has 0 radical (unpaired) electrons. The van der Waals surface area contributed by atoms with Crippen molar-refractivity contribution < 1.29 is 18.4 Å². The third-order valence-corrected chi connectivity index (χ3v) is 4.47. The Kier molecular flexibility index (Phi) is 4.62. The van der Waals surface area contributed by atoms with Gasteiger partial charge in [0.15, 0.2) is 5.76 Å². The van der Waals surface area contributed by atoms with Gasteiger partial charge in [-0.05, 0) is 43.2 Å². The largest absolute Gasteiger partial charge is 0.497 e. The molecule has 1 aromatic carbocycles. The molecule has 26 heavy (non-hydrogen) atoms. The first-order valence-corrected chi connectivity index (χ1v) is 8.58. The third-order valence-electron chi connectivity index (χ3n) is 4.47. The first kappa shape index (κ1) is 16.7. The van der Waals surface area contributed by atoms with Crippen molar-refractivity contribution in [2.75, 3.05) is 14.2 Å².